The Kier molecular flexibility index (Phi) is 2.19. The maximum absolute atomic E-state index is 11.8. The zero-order chi connectivity index (χ0) is 9.97. The number of hydrogen-bond acceptors (Lipinski definition) is 1. The van der Waals surface area contributed by atoms with Gasteiger partial charge < -0.3 is 4.57 Å². The summed E-state index contributed by atoms with van der Waals surface area (Å²) in [5.41, 5.74) is 1.47. The number of ketones is 1. The second-order valence-corrected chi connectivity index (χ2v) is 3.26. The molecule has 2 nitrogen and oxygen atoms in total. The van der Waals surface area contributed by atoms with Crippen molar-refractivity contribution >= 4 is 5.78 Å². The first kappa shape index (κ1) is 8.75. The van der Waals surface area contributed by atoms with E-state index in [9.17, 15) is 4.79 Å². The molecule has 0 amide bonds. The Balaban J connectivity index is 2.34. The highest BCUT2D eigenvalue weighted by Crippen LogP contribution is 2.09. The van der Waals surface area contributed by atoms with Crippen molar-refractivity contribution in [2.75, 3.05) is 0 Å². The Morgan fingerprint density at radius 3 is 2.36 bits per heavy atom. The molecule has 1 heterocycles. The van der Waals surface area contributed by atoms with Crippen molar-refractivity contribution in [3.63, 3.8) is 0 Å². The number of nitrogens with zero attached hydrogens (tertiary/aromatic N) is 1. The van der Waals surface area contributed by atoms with E-state index in [0.29, 0.717) is 0 Å². The molecule has 0 atom stereocenters. The van der Waals surface area contributed by atoms with Crippen LogP contribution < -0.4 is 0 Å². The molecule has 2 rings (SSSR count). The number of carbonyl (C=O) groups excluding carboxylic acids is 1. The monoisotopic (exact) mass is 185 g/mol. The maximum Gasteiger partial charge on any atom is 0.194 e. The predicted octanol–water partition coefficient (Wildman–Crippen LogP) is 2.26. The summed E-state index contributed by atoms with van der Waals surface area (Å²) in [6, 6.07) is 11.1. The molecule has 2 heteroatoms. The molecule has 0 N–H and O–H groups in total. The molecule has 0 aliphatic heterocycles. The Labute approximate surface area is 82.8 Å². The summed E-state index contributed by atoms with van der Waals surface area (Å²) in [5.74, 6) is 0.0752. The fourth-order valence-corrected chi connectivity index (χ4v) is 1.39. The summed E-state index contributed by atoms with van der Waals surface area (Å²) in [6.45, 7) is 0. The van der Waals surface area contributed by atoms with Gasteiger partial charge in [-0.05, 0) is 6.07 Å². The van der Waals surface area contributed by atoms with Crippen LogP contribution in [-0.2, 0) is 7.05 Å². The lowest BCUT2D eigenvalue weighted by Crippen LogP contribution is -1.99. The predicted molar refractivity (Wildman–Crippen MR) is 55.3 cm³/mol. The largest absolute Gasteiger partial charge is 0.357 e. The van der Waals surface area contributed by atoms with E-state index in [4.69, 9.17) is 0 Å². The van der Waals surface area contributed by atoms with Crippen LogP contribution in [0.15, 0.2) is 48.8 Å². The molecule has 1 aromatic carbocycles. The summed E-state index contributed by atoms with van der Waals surface area (Å²) < 4.78 is 1.87. The van der Waals surface area contributed by atoms with Crippen molar-refractivity contribution in [1.29, 1.82) is 0 Å². The Bertz CT molecular complexity index is 442. The minimum atomic E-state index is 0.0752. The number of aromatic nitrogens is 1. The molecule has 0 bridgehead atoms. The molecule has 0 radical (unpaired) electrons. The molecule has 14 heavy (non-hydrogen) atoms. The molecule has 2 aromatic rings. The van der Waals surface area contributed by atoms with Gasteiger partial charge in [-0.25, -0.2) is 0 Å². The van der Waals surface area contributed by atoms with Crippen molar-refractivity contribution in [2.24, 2.45) is 7.05 Å². The van der Waals surface area contributed by atoms with Gasteiger partial charge in [-0.1, -0.05) is 30.3 Å². The zero-order valence-electron chi connectivity index (χ0n) is 7.97. The number of rotatable bonds is 2. The van der Waals surface area contributed by atoms with Crippen molar-refractivity contribution in [1.82, 2.24) is 4.57 Å². The molecule has 0 fully saturated rings. The van der Waals surface area contributed by atoms with E-state index in [1.54, 1.807) is 0 Å². The lowest BCUT2D eigenvalue weighted by molar-refractivity contribution is 0.103. The second-order valence-electron chi connectivity index (χ2n) is 3.26. The number of aryl methyl sites for hydroxylation is 1. The molecule has 0 saturated heterocycles. The van der Waals surface area contributed by atoms with Gasteiger partial charge in [-0.2, -0.15) is 0 Å². The van der Waals surface area contributed by atoms with Gasteiger partial charge in [0.15, 0.2) is 5.78 Å². The summed E-state index contributed by atoms with van der Waals surface area (Å²) >= 11 is 0. The lowest BCUT2D eigenvalue weighted by atomic mass is 10.1. The fraction of sp³-hybridized carbons (Fsp3) is 0.0833. The van der Waals surface area contributed by atoms with Gasteiger partial charge in [-0.15, -0.1) is 0 Å². The Morgan fingerprint density at radius 2 is 1.79 bits per heavy atom. The summed E-state index contributed by atoms with van der Waals surface area (Å²) in [5, 5.41) is 0. The van der Waals surface area contributed by atoms with E-state index in [0.717, 1.165) is 11.1 Å². The first-order valence-electron chi connectivity index (χ1n) is 4.49. The van der Waals surface area contributed by atoms with Crippen LogP contribution in [0.4, 0.5) is 0 Å². The summed E-state index contributed by atoms with van der Waals surface area (Å²) in [4.78, 5) is 11.8. The minimum Gasteiger partial charge on any atom is -0.357 e. The first-order chi connectivity index (χ1) is 6.77. The molecule has 0 aliphatic rings. The van der Waals surface area contributed by atoms with Crippen molar-refractivity contribution in [3.8, 4) is 0 Å². The van der Waals surface area contributed by atoms with E-state index >= 15 is 0 Å². The second kappa shape index (κ2) is 3.50. The van der Waals surface area contributed by atoms with Gasteiger partial charge in [0.2, 0.25) is 0 Å². The van der Waals surface area contributed by atoms with Crippen molar-refractivity contribution in [2.45, 2.75) is 0 Å². The van der Waals surface area contributed by atoms with Gasteiger partial charge >= 0.3 is 0 Å². The number of benzene rings is 1. The summed E-state index contributed by atoms with van der Waals surface area (Å²) in [6.07, 6.45) is 3.70. The maximum atomic E-state index is 11.8. The summed E-state index contributed by atoms with van der Waals surface area (Å²) in [7, 11) is 1.90. The van der Waals surface area contributed by atoms with Crippen molar-refractivity contribution < 1.29 is 4.79 Å². The lowest BCUT2D eigenvalue weighted by Gasteiger charge is -1.96. The standard InChI is InChI=1S/C12H11NO/c1-13-8-7-11(9-13)12(14)10-5-3-2-4-6-10/h2-9H,1H3. The van der Waals surface area contributed by atoms with Gasteiger partial charge in [0.1, 0.15) is 0 Å². The molecular weight excluding hydrogens is 174 g/mol. The first-order valence-corrected chi connectivity index (χ1v) is 4.49. The van der Waals surface area contributed by atoms with Gasteiger partial charge in [0, 0.05) is 30.6 Å². The van der Waals surface area contributed by atoms with E-state index in [1.165, 1.54) is 0 Å². The average Bonchev–Trinajstić information content (AvgIpc) is 2.65. The SMILES string of the molecule is Cn1ccc(C(=O)c2ccccc2)c1. The normalized spacial score (nSPS) is 10.1. The minimum absolute atomic E-state index is 0.0752. The number of carbonyl (C=O) groups is 1. The molecule has 1 aromatic heterocycles. The molecule has 70 valence electrons. The highest BCUT2D eigenvalue weighted by atomic mass is 16.1. The van der Waals surface area contributed by atoms with E-state index in [-0.39, 0.29) is 5.78 Å². The third-order valence-electron chi connectivity index (χ3n) is 2.13. The molecule has 0 unspecified atom stereocenters. The van der Waals surface area contributed by atoms with Crippen LogP contribution in [0, 0.1) is 0 Å². The molecule has 0 saturated carbocycles. The highest BCUT2D eigenvalue weighted by molar-refractivity contribution is 6.08. The van der Waals surface area contributed by atoms with Crippen LogP contribution in [0.3, 0.4) is 0 Å². The Hall–Kier alpha value is -1.83. The average molecular weight is 185 g/mol. The van der Waals surface area contributed by atoms with Crippen molar-refractivity contribution in [3.05, 3.63) is 59.9 Å². The van der Waals surface area contributed by atoms with Crippen LogP contribution in [0.5, 0.6) is 0 Å². The third-order valence-corrected chi connectivity index (χ3v) is 2.13. The Morgan fingerprint density at radius 1 is 1.07 bits per heavy atom. The molecule has 0 spiro atoms. The molecule has 0 aliphatic carbocycles. The van der Waals surface area contributed by atoms with Crippen LogP contribution in [-0.4, -0.2) is 10.4 Å². The van der Waals surface area contributed by atoms with Gasteiger partial charge in [0.25, 0.3) is 0 Å². The van der Waals surface area contributed by atoms with Gasteiger partial charge in [-0.3, -0.25) is 4.79 Å². The smallest absolute Gasteiger partial charge is 0.194 e. The van der Waals surface area contributed by atoms with E-state index < -0.39 is 0 Å². The van der Waals surface area contributed by atoms with Crippen LogP contribution in [0.1, 0.15) is 15.9 Å². The van der Waals surface area contributed by atoms with Crippen LogP contribution in [0.2, 0.25) is 0 Å². The molecular formula is C12H11NO. The fourth-order valence-electron chi connectivity index (χ4n) is 1.39. The van der Waals surface area contributed by atoms with E-state index in [1.807, 2.05) is 60.4 Å². The number of hydrogen-bond donors (Lipinski definition) is 0. The van der Waals surface area contributed by atoms with Crippen LogP contribution in [0.25, 0.3) is 0 Å². The third kappa shape index (κ3) is 1.59. The quantitative estimate of drug-likeness (QED) is 0.658. The van der Waals surface area contributed by atoms with Crippen LogP contribution >= 0.6 is 0 Å². The zero-order valence-corrected chi connectivity index (χ0v) is 7.97. The highest BCUT2D eigenvalue weighted by Gasteiger charge is 2.08. The topological polar surface area (TPSA) is 22.0 Å². The van der Waals surface area contributed by atoms with E-state index in [2.05, 4.69) is 0 Å². The van der Waals surface area contributed by atoms with Gasteiger partial charge in [0.05, 0.1) is 0 Å².